The number of non-ortho nitro benzene ring substituents is 1. The minimum atomic E-state index is -0.483. The van der Waals surface area contributed by atoms with Gasteiger partial charge in [0.05, 0.1) is 17.2 Å². The summed E-state index contributed by atoms with van der Waals surface area (Å²) in [6.07, 6.45) is 2.59. The summed E-state index contributed by atoms with van der Waals surface area (Å²) in [6.45, 7) is 2.04. The third-order valence-electron chi connectivity index (χ3n) is 5.27. The number of nitro groups is 1. The number of nitrogens with zero attached hydrogens (tertiary/aromatic N) is 2. The zero-order chi connectivity index (χ0) is 20.2. The summed E-state index contributed by atoms with van der Waals surface area (Å²) in [4.78, 5) is 25.2. The third-order valence-corrected chi connectivity index (χ3v) is 5.27. The number of benzene rings is 2. The lowest BCUT2D eigenvalue weighted by molar-refractivity contribution is -0.384. The van der Waals surface area contributed by atoms with Gasteiger partial charge >= 0.3 is 0 Å². The zero-order valence-corrected chi connectivity index (χ0v) is 15.8. The van der Waals surface area contributed by atoms with E-state index in [1.807, 2.05) is 18.2 Å². The van der Waals surface area contributed by atoms with Gasteiger partial charge in [-0.25, -0.2) is 0 Å². The Hall–Kier alpha value is -3.45. The van der Waals surface area contributed by atoms with Gasteiger partial charge in [-0.15, -0.1) is 0 Å². The largest absolute Gasteiger partial charge is 0.468 e. The lowest BCUT2D eigenvalue weighted by Gasteiger charge is -2.34. The summed E-state index contributed by atoms with van der Waals surface area (Å²) in [5, 5.41) is 13.7. The molecule has 0 fully saturated rings. The predicted octanol–water partition coefficient (Wildman–Crippen LogP) is 3.72. The first-order valence-corrected chi connectivity index (χ1v) is 9.49. The molecule has 1 N–H and O–H groups in total. The Bertz CT molecular complexity index is 999. The van der Waals surface area contributed by atoms with E-state index < -0.39 is 4.92 Å². The Balaban J connectivity index is 1.47. The number of nitro benzene ring substituents is 1. The fourth-order valence-electron chi connectivity index (χ4n) is 3.70. The average molecular weight is 391 g/mol. The van der Waals surface area contributed by atoms with Crippen LogP contribution in [0, 0.1) is 10.1 Å². The average Bonchev–Trinajstić information content (AvgIpc) is 3.28. The van der Waals surface area contributed by atoms with Crippen LogP contribution in [0.2, 0.25) is 0 Å². The van der Waals surface area contributed by atoms with Crippen molar-refractivity contribution in [2.75, 3.05) is 13.1 Å². The van der Waals surface area contributed by atoms with Crippen LogP contribution in [0.3, 0.4) is 0 Å². The lowest BCUT2D eigenvalue weighted by Crippen LogP contribution is -2.40. The molecule has 0 saturated carbocycles. The van der Waals surface area contributed by atoms with Gasteiger partial charge in [0.2, 0.25) is 0 Å². The van der Waals surface area contributed by atoms with Gasteiger partial charge in [0.25, 0.3) is 11.6 Å². The first-order valence-electron chi connectivity index (χ1n) is 9.49. The van der Waals surface area contributed by atoms with Gasteiger partial charge in [-0.3, -0.25) is 19.8 Å². The van der Waals surface area contributed by atoms with Gasteiger partial charge in [0.1, 0.15) is 5.76 Å². The minimum Gasteiger partial charge on any atom is -0.468 e. The number of rotatable bonds is 6. The number of hydrogen-bond acceptors (Lipinski definition) is 5. The molecular weight excluding hydrogens is 370 g/mol. The summed E-state index contributed by atoms with van der Waals surface area (Å²) in [6, 6.07) is 17.7. The molecule has 7 nitrogen and oxygen atoms in total. The van der Waals surface area contributed by atoms with Crippen molar-refractivity contribution in [1.29, 1.82) is 0 Å². The van der Waals surface area contributed by atoms with Crippen LogP contribution in [0.25, 0.3) is 0 Å². The highest BCUT2D eigenvalue weighted by atomic mass is 16.6. The van der Waals surface area contributed by atoms with E-state index in [4.69, 9.17) is 4.42 Å². The molecule has 1 aliphatic rings. The minimum absolute atomic E-state index is 0.0398. The van der Waals surface area contributed by atoms with E-state index in [1.165, 1.54) is 35.4 Å². The number of carbonyl (C=O) groups excluding carboxylic acids is 1. The van der Waals surface area contributed by atoms with Crippen LogP contribution < -0.4 is 5.32 Å². The smallest absolute Gasteiger partial charge is 0.269 e. The first-order chi connectivity index (χ1) is 14.1. The summed E-state index contributed by atoms with van der Waals surface area (Å²) < 4.78 is 5.65. The van der Waals surface area contributed by atoms with Crippen molar-refractivity contribution in [3.05, 3.63) is 99.5 Å². The topological polar surface area (TPSA) is 88.6 Å². The summed E-state index contributed by atoms with van der Waals surface area (Å²) >= 11 is 0. The van der Waals surface area contributed by atoms with Crippen molar-refractivity contribution in [2.24, 2.45) is 0 Å². The number of carbonyl (C=O) groups is 1. The van der Waals surface area contributed by atoms with Crippen molar-refractivity contribution >= 4 is 11.6 Å². The normalized spacial score (nSPS) is 14.8. The van der Waals surface area contributed by atoms with Crippen molar-refractivity contribution in [3.8, 4) is 0 Å². The number of hydrogen-bond donors (Lipinski definition) is 1. The third kappa shape index (κ3) is 4.20. The molecule has 2 heterocycles. The summed E-state index contributed by atoms with van der Waals surface area (Å²) in [5.74, 6) is 0.530. The quantitative estimate of drug-likeness (QED) is 0.511. The van der Waals surface area contributed by atoms with Crippen molar-refractivity contribution in [1.82, 2.24) is 10.2 Å². The highest BCUT2D eigenvalue weighted by molar-refractivity contribution is 5.94. The van der Waals surface area contributed by atoms with E-state index in [2.05, 4.69) is 28.4 Å². The Morgan fingerprint density at radius 3 is 2.55 bits per heavy atom. The van der Waals surface area contributed by atoms with E-state index in [-0.39, 0.29) is 17.6 Å². The molecule has 0 bridgehead atoms. The van der Waals surface area contributed by atoms with Crippen LogP contribution >= 0.6 is 0 Å². The molecule has 7 heteroatoms. The van der Waals surface area contributed by atoms with Gasteiger partial charge < -0.3 is 9.73 Å². The van der Waals surface area contributed by atoms with Gasteiger partial charge in [-0.2, -0.15) is 0 Å². The molecule has 1 amide bonds. The van der Waals surface area contributed by atoms with Gasteiger partial charge in [0.15, 0.2) is 0 Å². The van der Waals surface area contributed by atoms with Crippen LogP contribution in [0.1, 0.15) is 33.3 Å². The molecule has 1 aliphatic heterocycles. The second kappa shape index (κ2) is 8.28. The van der Waals surface area contributed by atoms with E-state index in [1.54, 1.807) is 6.26 Å². The van der Waals surface area contributed by atoms with Crippen LogP contribution in [0.5, 0.6) is 0 Å². The van der Waals surface area contributed by atoms with Gasteiger partial charge in [-0.1, -0.05) is 24.3 Å². The van der Waals surface area contributed by atoms with E-state index >= 15 is 0 Å². The highest BCUT2D eigenvalue weighted by Crippen LogP contribution is 2.28. The number of furan rings is 1. The summed E-state index contributed by atoms with van der Waals surface area (Å²) in [5.41, 5.74) is 2.99. The molecule has 0 unspecified atom stereocenters. The molecule has 0 saturated heterocycles. The molecule has 0 aliphatic carbocycles. The maximum absolute atomic E-state index is 12.6. The Morgan fingerprint density at radius 2 is 1.86 bits per heavy atom. The van der Waals surface area contributed by atoms with Gasteiger partial charge in [-0.05, 0) is 41.8 Å². The Labute approximate surface area is 168 Å². The summed E-state index contributed by atoms with van der Waals surface area (Å²) in [7, 11) is 0. The van der Waals surface area contributed by atoms with Crippen LogP contribution in [0.15, 0.2) is 71.3 Å². The number of nitrogens with one attached hydrogen (secondary N) is 1. The molecule has 4 rings (SSSR count). The first kappa shape index (κ1) is 18.9. The SMILES string of the molecule is O=C(NC[C@H](c1ccco1)N1CCc2ccccc2C1)c1ccc([N+](=O)[O-])cc1. The Kier molecular flexibility index (Phi) is 5.39. The number of amides is 1. The van der Waals surface area contributed by atoms with Crippen molar-refractivity contribution in [3.63, 3.8) is 0 Å². The van der Waals surface area contributed by atoms with Crippen LogP contribution in [-0.4, -0.2) is 28.8 Å². The molecule has 148 valence electrons. The highest BCUT2D eigenvalue weighted by Gasteiger charge is 2.27. The molecule has 0 spiro atoms. The second-order valence-corrected chi connectivity index (χ2v) is 7.03. The predicted molar refractivity (Wildman–Crippen MR) is 107 cm³/mol. The number of fused-ring (bicyclic) bond motifs is 1. The van der Waals surface area contributed by atoms with E-state index in [9.17, 15) is 14.9 Å². The van der Waals surface area contributed by atoms with Crippen molar-refractivity contribution in [2.45, 2.75) is 19.0 Å². The maximum atomic E-state index is 12.6. The molecular formula is C22H21N3O4. The molecule has 1 aromatic heterocycles. The fraction of sp³-hybridized carbons (Fsp3) is 0.227. The standard InChI is InChI=1S/C22H21N3O4/c26-22(17-7-9-19(10-8-17)25(27)28)23-14-20(21-6-3-13-29-21)24-12-11-16-4-1-2-5-18(16)15-24/h1-10,13,20H,11-12,14-15H2,(H,23,26)/t20-/m1/s1. The van der Waals surface area contributed by atoms with Crippen LogP contribution in [-0.2, 0) is 13.0 Å². The van der Waals surface area contributed by atoms with Crippen molar-refractivity contribution < 1.29 is 14.1 Å². The van der Waals surface area contributed by atoms with Crippen LogP contribution in [0.4, 0.5) is 5.69 Å². The Morgan fingerprint density at radius 1 is 1.10 bits per heavy atom. The second-order valence-electron chi connectivity index (χ2n) is 7.03. The molecule has 2 aromatic carbocycles. The van der Waals surface area contributed by atoms with Gasteiger partial charge in [0, 0.05) is 37.3 Å². The molecule has 1 atom stereocenters. The van der Waals surface area contributed by atoms with E-state index in [0.717, 1.165) is 25.3 Å². The monoisotopic (exact) mass is 391 g/mol. The molecule has 29 heavy (non-hydrogen) atoms. The molecule has 0 radical (unpaired) electrons. The fourth-order valence-corrected chi connectivity index (χ4v) is 3.70. The lowest BCUT2D eigenvalue weighted by atomic mass is 9.98. The zero-order valence-electron chi connectivity index (χ0n) is 15.8. The van der Waals surface area contributed by atoms with E-state index in [0.29, 0.717) is 12.1 Å². The molecule has 3 aromatic rings. The maximum Gasteiger partial charge on any atom is 0.269 e.